The van der Waals surface area contributed by atoms with E-state index >= 15 is 0 Å². The van der Waals surface area contributed by atoms with E-state index in [-0.39, 0.29) is 0 Å². The predicted molar refractivity (Wildman–Crippen MR) is 53.2 cm³/mol. The molecule has 13 heavy (non-hydrogen) atoms. The molecule has 1 rings (SSSR count). The van der Waals surface area contributed by atoms with Gasteiger partial charge in [-0.15, -0.1) is 0 Å². The summed E-state index contributed by atoms with van der Waals surface area (Å²) in [6.45, 7) is 0. The van der Waals surface area contributed by atoms with Crippen molar-refractivity contribution in [2.75, 3.05) is 14.2 Å². The van der Waals surface area contributed by atoms with E-state index in [1.807, 2.05) is 0 Å². The number of methoxy groups -OCH3 is 2. The minimum absolute atomic E-state index is 0.704. The van der Waals surface area contributed by atoms with Gasteiger partial charge in [0.1, 0.15) is 21.4 Å². The lowest BCUT2D eigenvalue weighted by atomic mass is 9.61. The Kier molecular flexibility index (Phi) is 3.04. The van der Waals surface area contributed by atoms with Crippen molar-refractivity contribution >= 4 is 15.7 Å². The first-order chi connectivity index (χ1) is 6.10. The fraction of sp³-hybridized carbons (Fsp3) is 0.333. The van der Waals surface area contributed by atoms with Crippen molar-refractivity contribution in [2.24, 2.45) is 0 Å². The molecule has 0 atom stereocenters. The molecule has 0 aliphatic rings. The van der Waals surface area contributed by atoms with E-state index in [1.54, 1.807) is 31.4 Å². The van der Waals surface area contributed by atoms with Gasteiger partial charge in [-0.05, 0) is 17.7 Å². The van der Waals surface area contributed by atoms with Crippen LogP contribution in [0.3, 0.4) is 0 Å². The molecule has 64 valence electrons. The molecule has 4 heteroatoms. The molecule has 0 unspecified atom stereocenters. The summed E-state index contributed by atoms with van der Waals surface area (Å²) in [6.07, 6.45) is 0. The molecule has 0 saturated carbocycles. The lowest BCUT2D eigenvalue weighted by Crippen LogP contribution is -2.28. The van der Waals surface area contributed by atoms with Crippen molar-refractivity contribution in [1.29, 1.82) is 0 Å². The molecule has 0 heterocycles. The molecule has 0 N–H and O–H groups in total. The summed E-state index contributed by atoms with van der Waals surface area (Å²) in [7, 11) is 14.4. The molecule has 0 bridgehead atoms. The van der Waals surface area contributed by atoms with Crippen molar-refractivity contribution in [2.45, 2.75) is 5.40 Å². The number of hydrogen-bond acceptors (Lipinski definition) is 2. The van der Waals surface area contributed by atoms with Gasteiger partial charge in [-0.3, -0.25) is 0 Å². The maximum absolute atomic E-state index is 5.64. The molecule has 0 aliphatic heterocycles. The van der Waals surface area contributed by atoms with Gasteiger partial charge in [-0.1, -0.05) is 12.1 Å². The van der Waals surface area contributed by atoms with Crippen molar-refractivity contribution in [3.8, 4) is 5.75 Å². The van der Waals surface area contributed by atoms with Crippen LogP contribution in [0.15, 0.2) is 24.3 Å². The summed E-state index contributed by atoms with van der Waals surface area (Å²) in [6, 6.07) is 7.09. The van der Waals surface area contributed by atoms with Gasteiger partial charge in [0.2, 0.25) is 0 Å². The third-order valence-electron chi connectivity index (χ3n) is 1.88. The normalized spacial score (nSPS) is 11.2. The average molecular weight is 172 g/mol. The molecule has 0 saturated heterocycles. The summed E-state index contributed by atoms with van der Waals surface area (Å²) in [5, 5.41) is -1.23. The first kappa shape index (κ1) is 10.2. The molecule has 0 amide bonds. The number of hydrogen-bond donors (Lipinski definition) is 0. The van der Waals surface area contributed by atoms with Crippen LogP contribution in [0.2, 0.25) is 0 Å². The quantitative estimate of drug-likeness (QED) is 0.627. The molecule has 0 fully saturated rings. The lowest BCUT2D eigenvalue weighted by Gasteiger charge is -2.24. The largest absolute Gasteiger partial charge is 0.497 e. The van der Waals surface area contributed by atoms with Gasteiger partial charge in [0, 0.05) is 12.5 Å². The van der Waals surface area contributed by atoms with E-state index in [1.165, 1.54) is 7.11 Å². The third-order valence-corrected chi connectivity index (χ3v) is 1.88. The van der Waals surface area contributed by atoms with Crippen LogP contribution < -0.4 is 4.74 Å². The maximum atomic E-state index is 5.64. The average Bonchev–Trinajstić information content (AvgIpc) is 2.18. The molecular formula is C9H10B2O2. The summed E-state index contributed by atoms with van der Waals surface area (Å²) < 4.78 is 9.90. The Hall–Kier alpha value is -0.890. The Labute approximate surface area is 81.1 Å². The first-order valence-corrected chi connectivity index (χ1v) is 3.87. The highest BCUT2D eigenvalue weighted by Crippen LogP contribution is 2.20. The molecule has 1 aromatic carbocycles. The molecule has 2 nitrogen and oxygen atoms in total. The highest BCUT2D eigenvalue weighted by atomic mass is 16.5. The molecule has 0 spiro atoms. The van der Waals surface area contributed by atoms with E-state index in [2.05, 4.69) is 0 Å². The fourth-order valence-electron chi connectivity index (χ4n) is 0.969. The molecule has 0 aromatic heterocycles. The van der Waals surface area contributed by atoms with Gasteiger partial charge in [0.15, 0.2) is 0 Å². The van der Waals surface area contributed by atoms with E-state index in [0.717, 1.165) is 5.75 Å². The highest BCUT2D eigenvalue weighted by Gasteiger charge is 2.17. The second-order valence-electron chi connectivity index (χ2n) is 2.73. The monoisotopic (exact) mass is 172 g/mol. The van der Waals surface area contributed by atoms with E-state index in [9.17, 15) is 0 Å². The standard InChI is InChI=1S/C9H10B2O2/c1-12-8-5-3-7(4-6-8)9(10,11)13-2/h3-6H,1-2H3. The summed E-state index contributed by atoms with van der Waals surface area (Å²) >= 11 is 0. The molecule has 4 radical (unpaired) electrons. The highest BCUT2D eigenvalue weighted by molar-refractivity contribution is 6.38. The summed E-state index contributed by atoms with van der Waals surface area (Å²) in [5.41, 5.74) is 0.704. The smallest absolute Gasteiger partial charge is 0.118 e. The Morgan fingerprint density at radius 1 is 1.08 bits per heavy atom. The van der Waals surface area contributed by atoms with Crippen LogP contribution in [0.25, 0.3) is 0 Å². The van der Waals surface area contributed by atoms with Gasteiger partial charge >= 0.3 is 0 Å². The second-order valence-corrected chi connectivity index (χ2v) is 2.73. The molecule has 1 aromatic rings. The van der Waals surface area contributed by atoms with Gasteiger partial charge in [-0.2, -0.15) is 0 Å². The van der Waals surface area contributed by atoms with E-state index in [4.69, 9.17) is 25.2 Å². The predicted octanol–water partition coefficient (Wildman–Crippen LogP) is 0.789. The van der Waals surface area contributed by atoms with Gasteiger partial charge in [0.25, 0.3) is 0 Å². The van der Waals surface area contributed by atoms with Crippen molar-refractivity contribution in [3.05, 3.63) is 29.8 Å². The Balaban J connectivity index is 2.92. The zero-order valence-corrected chi connectivity index (χ0v) is 7.78. The summed E-state index contributed by atoms with van der Waals surface area (Å²) in [5.74, 6) is 0.760. The van der Waals surface area contributed by atoms with Gasteiger partial charge in [-0.25, -0.2) is 0 Å². The lowest BCUT2D eigenvalue weighted by molar-refractivity contribution is 0.132. The number of ether oxygens (including phenoxy) is 2. The van der Waals surface area contributed by atoms with Crippen LogP contribution in [0.4, 0.5) is 0 Å². The topological polar surface area (TPSA) is 18.5 Å². The fourth-order valence-corrected chi connectivity index (χ4v) is 0.969. The summed E-state index contributed by atoms with van der Waals surface area (Å²) in [4.78, 5) is 0. The van der Waals surface area contributed by atoms with Crippen molar-refractivity contribution in [1.82, 2.24) is 0 Å². The van der Waals surface area contributed by atoms with Crippen LogP contribution >= 0.6 is 0 Å². The Bertz CT molecular complexity index is 269. The molecular weight excluding hydrogens is 162 g/mol. The van der Waals surface area contributed by atoms with Crippen molar-refractivity contribution in [3.63, 3.8) is 0 Å². The second kappa shape index (κ2) is 3.88. The minimum atomic E-state index is -1.23. The van der Waals surface area contributed by atoms with Crippen molar-refractivity contribution < 1.29 is 9.47 Å². The maximum Gasteiger partial charge on any atom is 0.118 e. The SMILES string of the molecule is [B]C([B])(OC)c1ccc(OC)cc1. The van der Waals surface area contributed by atoms with E-state index in [0.29, 0.717) is 5.56 Å². The Morgan fingerprint density at radius 3 is 2.00 bits per heavy atom. The zero-order chi connectivity index (χ0) is 9.90. The van der Waals surface area contributed by atoms with Gasteiger partial charge < -0.3 is 9.47 Å². The van der Waals surface area contributed by atoms with Gasteiger partial charge in [0.05, 0.1) is 7.11 Å². The number of rotatable bonds is 3. The third kappa shape index (κ3) is 2.28. The first-order valence-electron chi connectivity index (χ1n) is 3.87. The minimum Gasteiger partial charge on any atom is -0.497 e. The van der Waals surface area contributed by atoms with Crippen LogP contribution in [-0.4, -0.2) is 29.9 Å². The Morgan fingerprint density at radius 2 is 1.62 bits per heavy atom. The molecule has 0 aliphatic carbocycles. The zero-order valence-electron chi connectivity index (χ0n) is 7.78. The number of benzene rings is 1. The van der Waals surface area contributed by atoms with Crippen LogP contribution in [0, 0.1) is 0 Å². The van der Waals surface area contributed by atoms with Crippen LogP contribution in [-0.2, 0) is 10.1 Å². The van der Waals surface area contributed by atoms with Crippen LogP contribution in [0.5, 0.6) is 5.75 Å². The van der Waals surface area contributed by atoms with Crippen LogP contribution in [0.1, 0.15) is 5.56 Å². The van der Waals surface area contributed by atoms with E-state index < -0.39 is 5.40 Å².